The van der Waals surface area contributed by atoms with E-state index in [2.05, 4.69) is 10.6 Å². The van der Waals surface area contributed by atoms with Gasteiger partial charge in [0.15, 0.2) is 0 Å². The van der Waals surface area contributed by atoms with Gasteiger partial charge in [0.2, 0.25) is 0 Å². The van der Waals surface area contributed by atoms with Gasteiger partial charge in [0.1, 0.15) is 0 Å². The number of hydrogen-bond acceptors (Lipinski definition) is 2. The molecule has 0 saturated carbocycles. The molecule has 0 aromatic heterocycles. The Kier molecular flexibility index (Phi) is 5.35. The molecule has 108 valence electrons. The first kappa shape index (κ1) is 15.1. The second-order valence-electron chi connectivity index (χ2n) is 4.48. The van der Waals surface area contributed by atoms with Gasteiger partial charge < -0.3 is 10.6 Å². The molecular weight excluding hydrogens is 288 g/mol. The predicted octanol–water partition coefficient (Wildman–Crippen LogP) is 2.27. The third-order valence-electron chi connectivity index (χ3n) is 2.87. The van der Waals surface area contributed by atoms with Gasteiger partial charge in [0, 0.05) is 18.1 Å². The molecule has 0 unspecified atom stereocenters. The van der Waals surface area contributed by atoms with Gasteiger partial charge >= 0.3 is 11.8 Å². The Bertz CT molecular complexity index is 612. The summed E-state index contributed by atoms with van der Waals surface area (Å²) in [4.78, 5) is 23.3. The number of benzene rings is 2. The van der Waals surface area contributed by atoms with Crippen LogP contribution >= 0.6 is 11.6 Å². The molecule has 21 heavy (non-hydrogen) atoms. The zero-order chi connectivity index (χ0) is 15.1. The lowest BCUT2D eigenvalue weighted by Crippen LogP contribution is -2.39. The Hall–Kier alpha value is -2.33. The molecule has 2 aromatic rings. The first-order valence-electron chi connectivity index (χ1n) is 6.49. The lowest BCUT2D eigenvalue weighted by Gasteiger charge is -2.07. The van der Waals surface area contributed by atoms with Crippen LogP contribution in [0.3, 0.4) is 0 Å². The molecule has 0 fully saturated rings. The maximum Gasteiger partial charge on any atom is 0.309 e. The fraction of sp³-hybridized carbons (Fsp3) is 0.125. The summed E-state index contributed by atoms with van der Waals surface area (Å²) in [6.45, 7) is 0.614. The zero-order valence-corrected chi connectivity index (χ0v) is 12.1. The molecule has 0 aliphatic heterocycles. The van der Waals surface area contributed by atoms with Crippen molar-refractivity contribution in [2.75, 3.05) is 0 Å². The third-order valence-corrected chi connectivity index (χ3v) is 3.12. The van der Waals surface area contributed by atoms with Crippen LogP contribution in [0.15, 0.2) is 54.6 Å². The maximum absolute atomic E-state index is 11.7. The average Bonchev–Trinajstić information content (AvgIpc) is 2.52. The number of rotatable bonds is 4. The van der Waals surface area contributed by atoms with Crippen molar-refractivity contribution in [1.29, 1.82) is 0 Å². The second-order valence-corrected chi connectivity index (χ2v) is 4.91. The van der Waals surface area contributed by atoms with E-state index in [0.29, 0.717) is 11.6 Å². The molecule has 0 saturated heterocycles. The lowest BCUT2D eigenvalue weighted by molar-refractivity contribution is -0.139. The Morgan fingerprint density at radius 2 is 1.24 bits per heavy atom. The largest absolute Gasteiger partial charge is 0.344 e. The van der Waals surface area contributed by atoms with Gasteiger partial charge in [0.05, 0.1) is 0 Å². The highest BCUT2D eigenvalue weighted by atomic mass is 35.5. The molecule has 4 nitrogen and oxygen atoms in total. The van der Waals surface area contributed by atoms with Crippen molar-refractivity contribution in [1.82, 2.24) is 10.6 Å². The Balaban J connectivity index is 1.77. The molecular formula is C16H15ClN2O2. The monoisotopic (exact) mass is 302 g/mol. The summed E-state index contributed by atoms with van der Waals surface area (Å²) in [6.07, 6.45) is 0. The van der Waals surface area contributed by atoms with E-state index in [9.17, 15) is 9.59 Å². The van der Waals surface area contributed by atoms with E-state index in [1.165, 1.54) is 0 Å². The highest BCUT2D eigenvalue weighted by molar-refractivity contribution is 6.35. The first-order valence-corrected chi connectivity index (χ1v) is 6.87. The SMILES string of the molecule is O=C(NCc1ccccc1)C(=O)NCc1ccc(Cl)cc1. The van der Waals surface area contributed by atoms with Gasteiger partial charge in [-0.2, -0.15) is 0 Å². The zero-order valence-electron chi connectivity index (χ0n) is 11.3. The van der Waals surface area contributed by atoms with Crippen LogP contribution in [0.25, 0.3) is 0 Å². The molecule has 5 heteroatoms. The summed E-state index contributed by atoms with van der Waals surface area (Å²) in [5.41, 5.74) is 1.82. The van der Waals surface area contributed by atoms with Gasteiger partial charge in [-0.3, -0.25) is 9.59 Å². The summed E-state index contributed by atoms with van der Waals surface area (Å²) in [5.74, 6) is -1.30. The van der Waals surface area contributed by atoms with E-state index in [-0.39, 0.29) is 6.54 Å². The molecule has 0 bridgehead atoms. The molecule has 2 aromatic carbocycles. The topological polar surface area (TPSA) is 58.2 Å². The van der Waals surface area contributed by atoms with Gasteiger partial charge in [-0.25, -0.2) is 0 Å². The van der Waals surface area contributed by atoms with E-state index in [4.69, 9.17) is 11.6 Å². The molecule has 0 spiro atoms. The van der Waals surface area contributed by atoms with E-state index < -0.39 is 11.8 Å². The van der Waals surface area contributed by atoms with Crippen molar-refractivity contribution in [3.05, 3.63) is 70.7 Å². The maximum atomic E-state index is 11.7. The van der Waals surface area contributed by atoms with Crippen molar-refractivity contribution in [2.24, 2.45) is 0 Å². The summed E-state index contributed by atoms with van der Waals surface area (Å²) in [7, 11) is 0. The first-order chi connectivity index (χ1) is 10.1. The minimum Gasteiger partial charge on any atom is -0.344 e. The second kappa shape index (κ2) is 7.45. The summed E-state index contributed by atoms with van der Waals surface area (Å²) < 4.78 is 0. The van der Waals surface area contributed by atoms with Gasteiger partial charge in [0.25, 0.3) is 0 Å². The van der Waals surface area contributed by atoms with Crippen molar-refractivity contribution in [2.45, 2.75) is 13.1 Å². The van der Waals surface area contributed by atoms with Crippen LogP contribution in [-0.2, 0) is 22.7 Å². The van der Waals surface area contributed by atoms with Crippen molar-refractivity contribution in [3.8, 4) is 0 Å². The summed E-state index contributed by atoms with van der Waals surface area (Å²) in [5, 5.41) is 5.76. The van der Waals surface area contributed by atoms with Gasteiger partial charge in [-0.15, -0.1) is 0 Å². The average molecular weight is 303 g/mol. The molecule has 0 atom stereocenters. The highest BCUT2D eigenvalue weighted by Gasteiger charge is 2.12. The number of carbonyl (C=O) groups is 2. The molecule has 2 N–H and O–H groups in total. The number of halogens is 1. The molecule has 2 rings (SSSR count). The number of amides is 2. The van der Waals surface area contributed by atoms with E-state index in [1.807, 2.05) is 30.3 Å². The fourth-order valence-electron chi connectivity index (χ4n) is 1.72. The molecule has 0 aliphatic carbocycles. The van der Waals surface area contributed by atoms with Gasteiger partial charge in [-0.05, 0) is 23.3 Å². The van der Waals surface area contributed by atoms with Crippen molar-refractivity contribution >= 4 is 23.4 Å². The fourth-order valence-corrected chi connectivity index (χ4v) is 1.85. The van der Waals surface area contributed by atoms with Crippen LogP contribution in [0.2, 0.25) is 5.02 Å². The highest BCUT2D eigenvalue weighted by Crippen LogP contribution is 2.09. The smallest absolute Gasteiger partial charge is 0.309 e. The number of carbonyl (C=O) groups excluding carboxylic acids is 2. The van der Waals surface area contributed by atoms with Crippen LogP contribution in [0, 0.1) is 0 Å². The van der Waals surface area contributed by atoms with Crippen LogP contribution in [0.1, 0.15) is 11.1 Å². The number of hydrogen-bond donors (Lipinski definition) is 2. The Labute approximate surface area is 128 Å². The van der Waals surface area contributed by atoms with E-state index in [1.54, 1.807) is 24.3 Å². The molecule has 0 aliphatic rings. The van der Waals surface area contributed by atoms with Crippen LogP contribution in [0.4, 0.5) is 0 Å². The molecule has 0 heterocycles. The Morgan fingerprint density at radius 3 is 1.76 bits per heavy atom. The quantitative estimate of drug-likeness (QED) is 0.851. The molecule has 2 amide bonds. The number of nitrogens with one attached hydrogen (secondary N) is 2. The minimum absolute atomic E-state index is 0.286. The van der Waals surface area contributed by atoms with E-state index in [0.717, 1.165) is 11.1 Å². The van der Waals surface area contributed by atoms with E-state index >= 15 is 0 Å². The summed E-state index contributed by atoms with van der Waals surface area (Å²) in [6, 6.07) is 16.5. The molecule has 0 radical (unpaired) electrons. The Morgan fingerprint density at radius 1 is 0.762 bits per heavy atom. The van der Waals surface area contributed by atoms with Crippen molar-refractivity contribution in [3.63, 3.8) is 0 Å². The normalized spacial score (nSPS) is 9.95. The van der Waals surface area contributed by atoms with Gasteiger partial charge in [-0.1, -0.05) is 54.1 Å². The lowest BCUT2D eigenvalue weighted by atomic mass is 10.2. The van der Waals surface area contributed by atoms with Crippen molar-refractivity contribution < 1.29 is 9.59 Å². The minimum atomic E-state index is -0.652. The van der Waals surface area contributed by atoms with Crippen LogP contribution < -0.4 is 10.6 Å². The predicted molar refractivity (Wildman–Crippen MR) is 81.6 cm³/mol. The van der Waals surface area contributed by atoms with Crippen LogP contribution in [0.5, 0.6) is 0 Å². The summed E-state index contributed by atoms with van der Waals surface area (Å²) >= 11 is 5.77. The van der Waals surface area contributed by atoms with Crippen LogP contribution in [-0.4, -0.2) is 11.8 Å². The standard InChI is InChI=1S/C16H15ClN2O2/c17-14-8-6-13(7-9-14)11-19-16(21)15(20)18-10-12-4-2-1-3-5-12/h1-9H,10-11H2,(H,18,20)(H,19,21). The third kappa shape index (κ3) is 4.93.